The molecule has 0 amide bonds. The lowest BCUT2D eigenvalue weighted by molar-refractivity contribution is 0.0317. The molecule has 0 radical (unpaired) electrons. The predicted molar refractivity (Wildman–Crippen MR) is 97.9 cm³/mol. The fraction of sp³-hybridized carbons (Fsp3) is 0.190. The minimum absolute atomic E-state index is 0.0322. The molecule has 6 nitrogen and oxygen atoms in total. The number of carbonyl (C=O) groups excluding carboxylic acids is 2. The Bertz CT molecular complexity index is 1020. The van der Waals surface area contributed by atoms with Crippen LogP contribution in [0.5, 0.6) is 0 Å². The average molecular weight is 362 g/mol. The van der Waals surface area contributed by atoms with E-state index in [1.54, 1.807) is 48.1 Å². The van der Waals surface area contributed by atoms with Crippen molar-refractivity contribution in [1.82, 2.24) is 4.57 Å². The quantitative estimate of drug-likeness (QED) is 0.506. The average Bonchev–Trinajstić information content (AvgIpc) is 3.28. The summed E-state index contributed by atoms with van der Waals surface area (Å²) in [6.07, 6.45) is 2.42. The number of aromatic nitrogens is 1. The first-order chi connectivity index (χ1) is 12.9. The third-order valence-corrected chi connectivity index (χ3v) is 4.21. The molecule has 1 atom stereocenters. The van der Waals surface area contributed by atoms with Crippen LogP contribution in [-0.4, -0.2) is 22.4 Å². The van der Waals surface area contributed by atoms with Crippen molar-refractivity contribution >= 4 is 11.8 Å². The molecule has 0 bridgehead atoms. The molecule has 0 spiro atoms. The Morgan fingerprint density at radius 1 is 1.15 bits per heavy atom. The summed E-state index contributed by atoms with van der Waals surface area (Å²) < 4.78 is 12.5. The van der Waals surface area contributed by atoms with Crippen molar-refractivity contribution in [1.29, 1.82) is 5.26 Å². The molecule has 0 aliphatic rings. The molecule has 0 saturated heterocycles. The highest BCUT2D eigenvalue weighted by molar-refractivity contribution is 6.02. The van der Waals surface area contributed by atoms with Crippen molar-refractivity contribution in [2.24, 2.45) is 0 Å². The molecule has 0 fully saturated rings. The van der Waals surface area contributed by atoms with Gasteiger partial charge in [0.15, 0.2) is 6.10 Å². The van der Waals surface area contributed by atoms with Gasteiger partial charge in [-0.15, -0.1) is 0 Å². The molecule has 2 heterocycles. The first-order valence-electron chi connectivity index (χ1n) is 8.41. The summed E-state index contributed by atoms with van der Waals surface area (Å²) in [5.74, 6) is -0.576. The maximum atomic E-state index is 12.6. The van der Waals surface area contributed by atoms with Gasteiger partial charge in [-0.1, -0.05) is 29.8 Å². The minimum Gasteiger partial charge on any atom is -0.451 e. The maximum absolute atomic E-state index is 12.6. The number of aryl methyl sites for hydroxylation is 2. The van der Waals surface area contributed by atoms with Crippen molar-refractivity contribution in [2.45, 2.75) is 26.9 Å². The second-order valence-electron chi connectivity index (χ2n) is 6.19. The first kappa shape index (κ1) is 18.2. The normalized spacial score (nSPS) is 11.6. The molecule has 3 rings (SSSR count). The van der Waals surface area contributed by atoms with Crippen LogP contribution in [0.15, 0.2) is 53.2 Å². The Labute approximate surface area is 156 Å². The molecule has 3 aromatic rings. The smallest absolute Gasteiger partial charge is 0.343 e. The Balaban J connectivity index is 1.85. The van der Waals surface area contributed by atoms with Crippen LogP contribution in [-0.2, 0) is 4.74 Å². The number of carbonyl (C=O) groups is 2. The molecule has 0 saturated carbocycles. The molecule has 1 aromatic carbocycles. The zero-order valence-electron chi connectivity index (χ0n) is 15.2. The van der Waals surface area contributed by atoms with Gasteiger partial charge in [-0.2, -0.15) is 5.26 Å². The molecular weight excluding hydrogens is 344 g/mol. The van der Waals surface area contributed by atoms with Gasteiger partial charge in [-0.05, 0) is 32.9 Å². The summed E-state index contributed by atoms with van der Waals surface area (Å²) >= 11 is 0. The van der Waals surface area contributed by atoms with Gasteiger partial charge < -0.3 is 9.15 Å². The molecule has 2 aromatic heterocycles. The Kier molecular flexibility index (Phi) is 4.95. The standard InChI is InChI=1S/C21H18N2O4/c1-13-6-8-16(9-7-13)19(24)15(3)27-21(25)18-14(2)26-20(17(18)12-22)23-10-4-5-11-23/h4-11,15H,1-3H3/t15-/m1/s1. The van der Waals surface area contributed by atoms with Gasteiger partial charge in [-0.3, -0.25) is 9.36 Å². The number of benzene rings is 1. The monoisotopic (exact) mass is 362 g/mol. The van der Waals surface area contributed by atoms with Crippen molar-refractivity contribution in [3.8, 4) is 12.0 Å². The lowest BCUT2D eigenvalue weighted by Gasteiger charge is -2.12. The van der Waals surface area contributed by atoms with E-state index in [4.69, 9.17) is 9.15 Å². The van der Waals surface area contributed by atoms with Gasteiger partial charge >= 0.3 is 5.97 Å². The van der Waals surface area contributed by atoms with Crippen LogP contribution in [0.25, 0.3) is 5.88 Å². The van der Waals surface area contributed by atoms with E-state index < -0.39 is 12.1 Å². The summed E-state index contributed by atoms with van der Waals surface area (Å²) in [7, 11) is 0. The lowest BCUT2D eigenvalue weighted by atomic mass is 10.1. The largest absolute Gasteiger partial charge is 0.451 e. The van der Waals surface area contributed by atoms with Crippen molar-refractivity contribution in [3.63, 3.8) is 0 Å². The predicted octanol–water partition coefficient (Wildman–Crippen LogP) is 3.99. The van der Waals surface area contributed by atoms with E-state index in [1.807, 2.05) is 25.1 Å². The van der Waals surface area contributed by atoms with E-state index in [0.717, 1.165) is 5.56 Å². The highest BCUT2D eigenvalue weighted by Gasteiger charge is 2.28. The van der Waals surface area contributed by atoms with E-state index in [0.29, 0.717) is 5.56 Å². The summed E-state index contributed by atoms with van der Waals surface area (Å²) in [4.78, 5) is 25.1. The Morgan fingerprint density at radius 3 is 2.37 bits per heavy atom. The van der Waals surface area contributed by atoms with Crippen LogP contribution in [0.3, 0.4) is 0 Å². The number of rotatable bonds is 5. The second kappa shape index (κ2) is 7.34. The fourth-order valence-electron chi connectivity index (χ4n) is 2.76. The number of ketones is 1. The summed E-state index contributed by atoms with van der Waals surface area (Å²) in [6.45, 7) is 5.01. The third kappa shape index (κ3) is 3.53. The molecule has 6 heteroatoms. The van der Waals surface area contributed by atoms with Gasteiger partial charge in [0.2, 0.25) is 11.7 Å². The van der Waals surface area contributed by atoms with Crippen molar-refractivity contribution < 1.29 is 18.7 Å². The molecule has 0 unspecified atom stereocenters. The van der Waals surface area contributed by atoms with Crippen molar-refractivity contribution in [3.05, 3.63) is 76.8 Å². The second-order valence-corrected chi connectivity index (χ2v) is 6.19. The van der Waals surface area contributed by atoms with E-state index in [-0.39, 0.29) is 28.6 Å². The van der Waals surface area contributed by atoms with E-state index >= 15 is 0 Å². The van der Waals surface area contributed by atoms with Crippen LogP contribution in [0.1, 0.15) is 44.5 Å². The molecule has 0 N–H and O–H groups in total. The van der Waals surface area contributed by atoms with Crippen LogP contribution in [0.2, 0.25) is 0 Å². The van der Waals surface area contributed by atoms with Crippen LogP contribution >= 0.6 is 0 Å². The van der Waals surface area contributed by atoms with Gasteiger partial charge in [-0.25, -0.2) is 4.79 Å². The van der Waals surface area contributed by atoms with Crippen molar-refractivity contribution in [2.75, 3.05) is 0 Å². The third-order valence-electron chi connectivity index (χ3n) is 4.21. The summed E-state index contributed by atoms with van der Waals surface area (Å²) in [5, 5.41) is 9.51. The number of hydrogen-bond acceptors (Lipinski definition) is 5. The number of hydrogen-bond donors (Lipinski definition) is 0. The fourth-order valence-corrected chi connectivity index (χ4v) is 2.76. The minimum atomic E-state index is -0.990. The number of furan rings is 1. The number of nitriles is 1. The van der Waals surface area contributed by atoms with E-state index in [2.05, 4.69) is 0 Å². The first-order valence-corrected chi connectivity index (χ1v) is 8.41. The van der Waals surface area contributed by atoms with Crippen LogP contribution < -0.4 is 0 Å². The summed E-state index contributed by atoms with van der Waals surface area (Å²) in [5.41, 5.74) is 1.59. The SMILES string of the molecule is Cc1ccc(C(=O)[C@@H](C)OC(=O)c2c(C)oc(-n3cccc3)c2C#N)cc1. The van der Waals surface area contributed by atoms with Crippen LogP contribution in [0.4, 0.5) is 0 Å². The van der Waals surface area contributed by atoms with Gasteiger partial charge in [0.25, 0.3) is 0 Å². The van der Waals surface area contributed by atoms with Gasteiger partial charge in [0.05, 0.1) is 0 Å². The number of esters is 1. The number of Topliss-reactive ketones (excluding diaryl/α,β-unsaturated/α-hetero) is 1. The van der Waals surface area contributed by atoms with E-state index in [9.17, 15) is 14.9 Å². The Hall–Kier alpha value is -3.59. The molecule has 136 valence electrons. The van der Waals surface area contributed by atoms with Crippen LogP contribution in [0, 0.1) is 25.2 Å². The lowest BCUT2D eigenvalue weighted by Crippen LogP contribution is -2.25. The maximum Gasteiger partial charge on any atom is 0.343 e. The molecular formula is C21H18N2O4. The molecule has 0 aliphatic heterocycles. The highest BCUT2D eigenvalue weighted by atomic mass is 16.5. The van der Waals surface area contributed by atoms with E-state index in [1.165, 1.54) is 6.92 Å². The Morgan fingerprint density at radius 2 is 1.78 bits per heavy atom. The molecule has 0 aliphatic carbocycles. The number of nitrogens with zero attached hydrogens (tertiary/aromatic N) is 2. The zero-order chi connectivity index (χ0) is 19.6. The van der Waals surface area contributed by atoms with Gasteiger partial charge in [0.1, 0.15) is 23.0 Å². The topological polar surface area (TPSA) is 85.2 Å². The number of ether oxygens (including phenoxy) is 1. The molecule has 27 heavy (non-hydrogen) atoms. The zero-order valence-corrected chi connectivity index (χ0v) is 15.2. The highest BCUT2D eigenvalue weighted by Crippen LogP contribution is 2.26. The summed E-state index contributed by atoms with van der Waals surface area (Å²) in [6, 6.07) is 12.6. The van der Waals surface area contributed by atoms with Gasteiger partial charge in [0, 0.05) is 18.0 Å².